The van der Waals surface area contributed by atoms with Crippen molar-refractivity contribution < 1.29 is 5.11 Å². The summed E-state index contributed by atoms with van der Waals surface area (Å²) < 4.78 is 1.80. The van der Waals surface area contributed by atoms with E-state index in [1.165, 1.54) is 0 Å². The maximum atomic E-state index is 10.7. The first-order valence-corrected chi connectivity index (χ1v) is 7.01. The van der Waals surface area contributed by atoms with Gasteiger partial charge in [0.15, 0.2) is 0 Å². The van der Waals surface area contributed by atoms with Gasteiger partial charge in [0.05, 0.1) is 22.0 Å². The van der Waals surface area contributed by atoms with Crippen LogP contribution in [0.5, 0.6) is 0 Å². The average molecular weight is 271 g/mol. The molecule has 3 nitrogen and oxygen atoms in total. The van der Waals surface area contributed by atoms with Crippen LogP contribution in [0.4, 0.5) is 0 Å². The fraction of sp³-hybridized carbons (Fsp3) is 0.786. The number of rotatable bonds is 2. The number of aliphatic hydroxyl groups is 1. The minimum Gasteiger partial charge on any atom is -0.389 e. The molecule has 1 aliphatic rings. The summed E-state index contributed by atoms with van der Waals surface area (Å²) in [6.45, 7) is 6.45. The lowest BCUT2D eigenvalue weighted by Gasteiger charge is -2.40. The highest BCUT2D eigenvalue weighted by molar-refractivity contribution is 6.31. The number of nitrogens with zero attached hydrogens (tertiary/aromatic N) is 2. The second kappa shape index (κ2) is 4.53. The Morgan fingerprint density at radius 2 is 1.83 bits per heavy atom. The second-order valence-corrected chi connectivity index (χ2v) is 6.91. The van der Waals surface area contributed by atoms with Crippen LogP contribution in [0.3, 0.4) is 0 Å². The van der Waals surface area contributed by atoms with Crippen LogP contribution in [0.1, 0.15) is 50.9 Å². The number of hydrogen-bond donors (Lipinski definition) is 1. The maximum absolute atomic E-state index is 10.7. The van der Waals surface area contributed by atoms with Gasteiger partial charge in [0.2, 0.25) is 0 Å². The van der Waals surface area contributed by atoms with Crippen molar-refractivity contribution in [1.29, 1.82) is 0 Å². The van der Waals surface area contributed by atoms with Crippen LogP contribution < -0.4 is 0 Å². The van der Waals surface area contributed by atoms with Gasteiger partial charge in [0.25, 0.3) is 0 Å². The van der Waals surface area contributed by atoms with E-state index in [0.29, 0.717) is 16.9 Å². The molecule has 0 bridgehead atoms. The molecule has 0 spiro atoms. The summed E-state index contributed by atoms with van der Waals surface area (Å²) in [5.74, 6) is 0. The number of aromatic nitrogens is 2. The van der Waals surface area contributed by atoms with Crippen molar-refractivity contribution in [2.45, 2.75) is 58.5 Å². The van der Waals surface area contributed by atoms with Crippen LogP contribution in [0.2, 0.25) is 5.02 Å². The van der Waals surface area contributed by atoms with Gasteiger partial charge in [-0.15, -0.1) is 0 Å². The third kappa shape index (κ3) is 2.72. The van der Waals surface area contributed by atoms with Crippen LogP contribution in [-0.2, 0) is 13.5 Å². The Labute approximate surface area is 114 Å². The third-order valence-electron chi connectivity index (χ3n) is 4.29. The van der Waals surface area contributed by atoms with Gasteiger partial charge < -0.3 is 5.11 Å². The van der Waals surface area contributed by atoms with Crippen LogP contribution in [0.15, 0.2) is 0 Å². The highest BCUT2D eigenvalue weighted by atomic mass is 35.5. The Morgan fingerprint density at radius 1 is 1.28 bits per heavy atom. The quantitative estimate of drug-likeness (QED) is 0.896. The van der Waals surface area contributed by atoms with Gasteiger partial charge in [-0.2, -0.15) is 5.10 Å². The van der Waals surface area contributed by atoms with E-state index in [4.69, 9.17) is 11.6 Å². The van der Waals surface area contributed by atoms with Crippen molar-refractivity contribution in [3.63, 3.8) is 0 Å². The molecule has 1 aromatic rings. The molecule has 102 valence electrons. The molecule has 0 radical (unpaired) electrons. The van der Waals surface area contributed by atoms with Gasteiger partial charge in [0, 0.05) is 13.5 Å². The SMILES string of the molecule is Cc1nn(C)c(CC2(O)CCC(C)(C)CC2)c1Cl. The van der Waals surface area contributed by atoms with Gasteiger partial charge >= 0.3 is 0 Å². The van der Waals surface area contributed by atoms with E-state index in [-0.39, 0.29) is 0 Å². The summed E-state index contributed by atoms with van der Waals surface area (Å²) in [6, 6.07) is 0. The van der Waals surface area contributed by atoms with E-state index in [1.54, 1.807) is 4.68 Å². The lowest BCUT2D eigenvalue weighted by atomic mass is 9.69. The van der Waals surface area contributed by atoms with Crippen LogP contribution in [-0.4, -0.2) is 20.5 Å². The minimum atomic E-state index is -0.612. The first-order valence-electron chi connectivity index (χ1n) is 6.63. The first kappa shape index (κ1) is 13.9. The summed E-state index contributed by atoms with van der Waals surface area (Å²) in [5, 5.41) is 15.7. The first-order chi connectivity index (χ1) is 8.22. The van der Waals surface area contributed by atoms with Gasteiger partial charge in [-0.25, -0.2) is 0 Å². The van der Waals surface area contributed by atoms with Gasteiger partial charge in [-0.1, -0.05) is 25.4 Å². The lowest BCUT2D eigenvalue weighted by molar-refractivity contribution is -0.0263. The smallest absolute Gasteiger partial charge is 0.0848 e. The number of aryl methyl sites for hydroxylation is 2. The van der Waals surface area contributed by atoms with E-state index in [2.05, 4.69) is 18.9 Å². The number of hydrogen-bond acceptors (Lipinski definition) is 2. The summed E-state index contributed by atoms with van der Waals surface area (Å²) in [4.78, 5) is 0. The molecule has 0 aromatic carbocycles. The molecule has 18 heavy (non-hydrogen) atoms. The second-order valence-electron chi connectivity index (χ2n) is 6.54. The molecule has 1 saturated carbocycles. The summed E-state index contributed by atoms with van der Waals surface area (Å²) >= 11 is 6.26. The predicted molar refractivity (Wildman–Crippen MR) is 73.9 cm³/mol. The maximum Gasteiger partial charge on any atom is 0.0848 e. The molecule has 0 atom stereocenters. The molecule has 1 aromatic heterocycles. The third-order valence-corrected chi connectivity index (χ3v) is 4.78. The predicted octanol–water partition coefficient (Wildman–Crippen LogP) is 3.26. The van der Waals surface area contributed by atoms with Crippen LogP contribution >= 0.6 is 11.6 Å². The molecule has 0 saturated heterocycles. The van der Waals surface area contributed by atoms with Crippen LogP contribution in [0.25, 0.3) is 0 Å². The molecular formula is C14H23ClN2O. The zero-order valence-corrected chi connectivity index (χ0v) is 12.5. The zero-order chi connectivity index (χ0) is 13.6. The molecule has 1 heterocycles. The minimum absolute atomic E-state index is 0.360. The highest BCUT2D eigenvalue weighted by Gasteiger charge is 2.37. The van der Waals surface area contributed by atoms with E-state index in [0.717, 1.165) is 37.1 Å². The van der Waals surface area contributed by atoms with Crippen molar-refractivity contribution in [1.82, 2.24) is 9.78 Å². The largest absolute Gasteiger partial charge is 0.389 e. The Bertz CT molecular complexity index is 441. The molecule has 1 fully saturated rings. The van der Waals surface area contributed by atoms with E-state index >= 15 is 0 Å². The topological polar surface area (TPSA) is 38.0 Å². The average Bonchev–Trinajstić information content (AvgIpc) is 2.51. The summed E-state index contributed by atoms with van der Waals surface area (Å²) in [6.07, 6.45) is 4.44. The van der Waals surface area contributed by atoms with E-state index < -0.39 is 5.60 Å². The summed E-state index contributed by atoms with van der Waals surface area (Å²) in [7, 11) is 1.89. The van der Waals surface area contributed by atoms with E-state index in [1.807, 2.05) is 14.0 Å². The normalized spacial score (nSPS) is 22.1. The lowest BCUT2D eigenvalue weighted by Crippen LogP contribution is -2.39. The van der Waals surface area contributed by atoms with Crippen molar-refractivity contribution in [2.24, 2.45) is 12.5 Å². The van der Waals surface area contributed by atoms with Crippen molar-refractivity contribution in [3.8, 4) is 0 Å². The summed E-state index contributed by atoms with van der Waals surface area (Å²) in [5.41, 5.74) is 1.54. The molecule has 0 amide bonds. The molecule has 0 unspecified atom stereocenters. The van der Waals surface area contributed by atoms with Crippen molar-refractivity contribution >= 4 is 11.6 Å². The molecule has 2 rings (SSSR count). The van der Waals surface area contributed by atoms with Gasteiger partial charge in [-0.05, 0) is 38.0 Å². The molecule has 1 N–H and O–H groups in total. The number of halogens is 1. The Hall–Kier alpha value is -0.540. The zero-order valence-electron chi connectivity index (χ0n) is 11.8. The van der Waals surface area contributed by atoms with Crippen molar-refractivity contribution in [3.05, 3.63) is 16.4 Å². The standard InChI is InChI=1S/C14H23ClN2O/c1-10-12(15)11(17(4)16-10)9-14(18)7-5-13(2,3)6-8-14/h18H,5-9H2,1-4H3. The highest BCUT2D eigenvalue weighted by Crippen LogP contribution is 2.42. The van der Waals surface area contributed by atoms with Gasteiger partial charge in [0.1, 0.15) is 0 Å². The van der Waals surface area contributed by atoms with Gasteiger partial charge in [-0.3, -0.25) is 4.68 Å². The molecular weight excluding hydrogens is 248 g/mol. The molecule has 0 aliphatic heterocycles. The van der Waals surface area contributed by atoms with E-state index in [9.17, 15) is 5.11 Å². The fourth-order valence-electron chi connectivity index (χ4n) is 2.75. The Morgan fingerprint density at radius 3 is 2.28 bits per heavy atom. The molecule has 1 aliphatic carbocycles. The van der Waals surface area contributed by atoms with Crippen LogP contribution in [0, 0.1) is 12.3 Å². The monoisotopic (exact) mass is 270 g/mol. The van der Waals surface area contributed by atoms with Crippen molar-refractivity contribution in [2.75, 3.05) is 0 Å². The Kier molecular flexibility index (Phi) is 3.50. The Balaban J connectivity index is 2.14. The fourth-order valence-corrected chi connectivity index (χ4v) is 2.98. The molecule has 4 heteroatoms.